The summed E-state index contributed by atoms with van der Waals surface area (Å²) >= 11 is 0. The van der Waals surface area contributed by atoms with Gasteiger partial charge in [0.1, 0.15) is 5.69 Å². The van der Waals surface area contributed by atoms with Crippen LogP contribution in [-0.4, -0.2) is 23.6 Å². The fourth-order valence-electron chi connectivity index (χ4n) is 7.08. The number of nitrogens with one attached hydrogen (secondary N) is 2. The first-order valence-electron chi connectivity index (χ1n) is 16.0. The average Bonchev–Trinajstić information content (AvgIpc) is 3.70. The average molecular weight is 570 g/mol. The molecule has 1 aliphatic heterocycles. The van der Waals surface area contributed by atoms with Crippen LogP contribution in [-0.2, 0) is 6.42 Å². The molecule has 220 valence electrons. The second kappa shape index (κ2) is 13.4. The lowest BCUT2D eigenvalue weighted by Crippen LogP contribution is -2.27. The third kappa shape index (κ3) is 6.03. The highest BCUT2D eigenvalue weighted by molar-refractivity contribution is 6.09. The predicted octanol–water partition coefficient (Wildman–Crippen LogP) is 8.98. The lowest BCUT2D eigenvalue weighted by atomic mass is 9.83. The molecule has 1 aliphatic rings. The third-order valence-corrected chi connectivity index (χ3v) is 9.03. The number of hydrogen-bond donors (Lipinski definition) is 2. The van der Waals surface area contributed by atoms with Crippen molar-refractivity contribution in [2.75, 3.05) is 18.4 Å². The van der Waals surface area contributed by atoms with Crippen LogP contribution in [0.2, 0.25) is 0 Å². The molecule has 2 atom stereocenters. The lowest BCUT2D eigenvalue weighted by molar-refractivity contribution is 0.101. The summed E-state index contributed by atoms with van der Waals surface area (Å²) < 4.78 is 2.42. The molecule has 1 amide bonds. The van der Waals surface area contributed by atoms with Gasteiger partial charge in [0.05, 0.1) is 0 Å². The van der Waals surface area contributed by atoms with Crippen LogP contribution in [0.1, 0.15) is 84.2 Å². The van der Waals surface area contributed by atoms with Crippen LogP contribution < -0.4 is 10.6 Å². The summed E-state index contributed by atoms with van der Waals surface area (Å²) in [4.78, 5) is 14.8. The van der Waals surface area contributed by atoms with Gasteiger partial charge >= 0.3 is 0 Å². The molecule has 1 aromatic heterocycles. The monoisotopic (exact) mass is 569 g/mol. The summed E-state index contributed by atoms with van der Waals surface area (Å²) in [7, 11) is 0. The van der Waals surface area contributed by atoms with E-state index < -0.39 is 0 Å². The molecule has 6 rings (SSSR count). The van der Waals surface area contributed by atoms with E-state index in [1.807, 2.05) is 12.1 Å². The quantitative estimate of drug-likeness (QED) is 0.167. The van der Waals surface area contributed by atoms with E-state index >= 15 is 0 Å². The van der Waals surface area contributed by atoms with Gasteiger partial charge in [-0.2, -0.15) is 0 Å². The molecule has 43 heavy (non-hydrogen) atoms. The predicted molar refractivity (Wildman–Crippen MR) is 179 cm³/mol. The summed E-state index contributed by atoms with van der Waals surface area (Å²) in [5, 5.41) is 8.09. The number of carbonyl (C=O) groups is 1. The van der Waals surface area contributed by atoms with Gasteiger partial charge < -0.3 is 15.2 Å². The van der Waals surface area contributed by atoms with Crippen LogP contribution in [0.4, 0.5) is 5.69 Å². The summed E-state index contributed by atoms with van der Waals surface area (Å²) in [5.74, 6) is 0.332. The number of para-hydroxylation sites is 1. The van der Waals surface area contributed by atoms with Crippen LogP contribution in [0, 0.1) is 5.92 Å². The second-order valence-electron chi connectivity index (χ2n) is 11.9. The Kier molecular flexibility index (Phi) is 9.04. The molecule has 1 saturated heterocycles. The van der Waals surface area contributed by atoms with Crippen molar-refractivity contribution in [3.8, 4) is 0 Å². The number of amides is 1. The smallest absolute Gasteiger partial charge is 0.272 e. The number of aryl methyl sites for hydroxylation is 1. The fraction of sp³-hybridized carbons (Fsp3) is 0.308. The first-order chi connectivity index (χ1) is 21.2. The summed E-state index contributed by atoms with van der Waals surface area (Å²) in [6.45, 7) is 6.46. The van der Waals surface area contributed by atoms with Crippen molar-refractivity contribution in [2.24, 2.45) is 5.92 Å². The van der Waals surface area contributed by atoms with E-state index in [1.54, 1.807) is 0 Å². The normalized spacial score (nSPS) is 15.7. The van der Waals surface area contributed by atoms with Gasteiger partial charge in [-0.1, -0.05) is 118 Å². The number of nitrogens with zero attached hydrogens (tertiary/aromatic N) is 1. The van der Waals surface area contributed by atoms with Crippen LogP contribution in [0.15, 0.2) is 109 Å². The van der Waals surface area contributed by atoms with Gasteiger partial charge in [0, 0.05) is 34.1 Å². The Balaban J connectivity index is 1.60. The third-order valence-electron chi connectivity index (χ3n) is 9.03. The zero-order chi connectivity index (χ0) is 29.6. The van der Waals surface area contributed by atoms with Gasteiger partial charge in [0.15, 0.2) is 0 Å². The molecule has 0 spiro atoms. The van der Waals surface area contributed by atoms with Crippen molar-refractivity contribution in [3.05, 3.63) is 137 Å². The molecule has 0 bridgehead atoms. The first kappa shape index (κ1) is 28.9. The molecule has 4 heteroatoms. The highest BCUT2D eigenvalue weighted by atomic mass is 16.2. The van der Waals surface area contributed by atoms with Gasteiger partial charge in [-0.15, -0.1) is 0 Å². The highest BCUT2D eigenvalue weighted by Crippen LogP contribution is 2.44. The van der Waals surface area contributed by atoms with Gasteiger partial charge in [-0.05, 0) is 73.2 Å². The Hall–Kier alpha value is -4.15. The summed E-state index contributed by atoms with van der Waals surface area (Å²) in [5.41, 5.74) is 7.50. The summed E-state index contributed by atoms with van der Waals surface area (Å²) in [6.07, 6.45) is 5.34. The number of anilines is 1. The van der Waals surface area contributed by atoms with Crippen LogP contribution >= 0.6 is 0 Å². The largest absolute Gasteiger partial charge is 0.333 e. The molecule has 1 fully saturated rings. The van der Waals surface area contributed by atoms with Gasteiger partial charge in [-0.3, -0.25) is 4.79 Å². The van der Waals surface area contributed by atoms with E-state index in [0.29, 0.717) is 5.92 Å². The van der Waals surface area contributed by atoms with Gasteiger partial charge in [0.25, 0.3) is 5.91 Å². The lowest BCUT2D eigenvalue weighted by Gasteiger charge is -2.28. The van der Waals surface area contributed by atoms with Crippen molar-refractivity contribution in [1.82, 2.24) is 9.88 Å². The second-order valence-corrected chi connectivity index (χ2v) is 11.9. The van der Waals surface area contributed by atoms with E-state index in [0.717, 1.165) is 73.0 Å². The molecular formula is C39H43N3O. The molecule has 2 heterocycles. The van der Waals surface area contributed by atoms with Crippen LogP contribution in [0.5, 0.6) is 0 Å². The van der Waals surface area contributed by atoms with E-state index in [9.17, 15) is 4.79 Å². The maximum absolute atomic E-state index is 14.8. The number of carbonyl (C=O) groups excluding carboxylic acids is 1. The van der Waals surface area contributed by atoms with Gasteiger partial charge in [0.2, 0.25) is 0 Å². The molecule has 0 saturated carbocycles. The van der Waals surface area contributed by atoms with Crippen LogP contribution in [0.25, 0.3) is 10.9 Å². The maximum Gasteiger partial charge on any atom is 0.272 e. The zero-order valence-corrected chi connectivity index (χ0v) is 25.4. The summed E-state index contributed by atoms with van der Waals surface area (Å²) in [6, 6.07) is 38.6. The molecule has 4 aromatic carbocycles. The van der Waals surface area contributed by atoms with Crippen molar-refractivity contribution in [1.29, 1.82) is 0 Å². The Morgan fingerprint density at radius 1 is 0.837 bits per heavy atom. The number of rotatable bonds is 11. The number of hydrogen-bond acceptors (Lipinski definition) is 2. The number of aromatic nitrogens is 1. The van der Waals surface area contributed by atoms with E-state index in [-0.39, 0.29) is 17.9 Å². The van der Waals surface area contributed by atoms with E-state index in [4.69, 9.17) is 0 Å². The first-order valence-corrected chi connectivity index (χ1v) is 16.0. The molecule has 2 N–H and O–H groups in total. The Labute approximate surface area is 256 Å². The van der Waals surface area contributed by atoms with Crippen molar-refractivity contribution in [2.45, 2.75) is 57.9 Å². The minimum Gasteiger partial charge on any atom is -0.333 e. The zero-order valence-electron chi connectivity index (χ0n) is 25.4. The van der Waals surface area contributed by atoms with Gasteiger partial charge in [-0.25, -0.2) is 0 Å². The van der Waals surface area contributed by atoms with Crippen molar-refractivity contribution >= 4 is 22.5 Å². The number of benzene rings is 4. The van der Waals surface area contributed by atoms with E-state index in [2.05, 4.69) is 126 Å². The molecule has 0 radical (unpaired) electrons. The SMILES string of the molecule is CCCc1ccc(NC(=O)c2c(C(c3ccccc3)c3ccccc3)c3ccccc3n2C(CCC)C2CCNC2)cc1. The Bertz CT molecular complexity index is 1590. The molecule has 4 nitrogen and oxygen atoms in total. The Morgan fingerprint density at radius 3 is 2.09 bits per heavy atom. The highest BCUT2D eigenvalue weighted by Gasteiger charge is 2.35. The van der Waals surface area contributed by atoms with Crippen molar-refractivity contribution in [3.63, 3.8) is 0 Å². The minimum atomic E-state index is -0.0924. The maximum atomic E-state index is 14.8. The standard InChI is InChI=1S/C39H43N3O/c1-3-13-28-21-23-32(24-22-28)41-39(43)38-37(36(29-15-7-5-8-16-29)30-17-9-6-10-18-30)33-19-11-12-20-35(33)42(38)34(14-4-2)31-25-26-40-27-31/h5-12,15-24,31,34,36,40H,3-4,13-14,25-27H2,1-2H3,(H,41,43). The van der Waals surface area contributed by atoms with E-state index in [1.165, 1.54) is 16.7 Å². The molecule has 2 unspecified atom stereocenters. The topological polar surface area (TPSA) is 46.1 Å². The van der Waals surface area contributed by atoms with Crippen molar-refractivity contribution < 1.29 is 4.79 Å². The van der Waals surface area contributed by atoms with Crippen LogP contribution in [0.3, 0.4) is 0 Å². The minimum absolute atomic E-state index is 0.0432. The fourth-order valence-corrected chi connectivity index (χ4v) is 7.08. The number of fused-ring (bicyclic) bond motifs is 1. The molecule has 0 aliphatic carbocycles. The molecule has 5 aromatic rings. The molecular weight excluding hydrogens is 526 g/mol. The Morgan fingerprint density at radius 2 is 1.49 bits per heavy atom.